The molecule has 3 nitrogen and oxygen atoms in total. The Morgan fingerprint density at radius 3 is 1.97 bits per heavy atom. The summed E-state index contributed by atoms with van der Waals surface area (Å²) in [4.78, 5) is 11.8. The van der Waals surface area contributed by atoms with Crippen LogP contribution < -0.4 is 0 Å². The second-order valence-electron chi connectivity index (χ2n) is 8.54. The first-order valence-electron chi connectivity index (χ1n) is 11.8. The monoisotopic (exact) mass is 442 g/mol. The van der Waals surface area contributed by atoms with Gasteiger partial charge in [0.2, 0.25) is 0 Å². The molecule has 0 spiro atoms. The summed E-state index contributed by atoms with van der Waals surface area (Å²) < 4.78 is 5.36. The van der Waals surface area contributed by atoms with Crippen molar-refractivity contribution in [3.63, 3.8) is 0 Å². The van der Waals surface area contributed by atoms with Gasteiger partial charge in [-0.3, -0.25) is 0 Å². The minimum Gasteiger partial charge on any atom is -0.457 e. The van der Waals surface area contributed by atoms with E-state index in [1.807, 2.05) is 12.1 Å². The summed E-state index contributed by atoms with van der Waals surface area (Å²) in [5, 5.41) is 9.38. The number of carbonyl (C=O) groups is 1. The smallest absolute Gasteiger partial charge is 0.333 e. The molecule has 0 saturated carbocycles. The molecule has 3 heteroatoms. The van der Waals surface area contributed by atoms with Gasteiger partial charge in [0.1, 0.15) is 6.61 Å². The van der Waals surface area contributed by atoms with Crippen molar-refractivity contribution in [2.24, 2.45) is 0 Å². The molecular weight excluding hydrogens is 408 g/mol. The van der Waals surface area contributed by atoms with Gasteiger partial charge in [-0.25, -0.2) is 4.79 Å². The van der Waals surface area contributed by atoms with Gasteiger partial charge in [0.15, 0.2) is 0 Å². The van der Waals surface area contributed by atoms with Crippen LogP contribution in [0.5, 0.6) is 0 Å². The fraction of sp³-hybridized carbons (Fsp3) is 0.300. The van der Waals surface area contributed by atoms with Crippen molar-refractivity contribution < 1.29 is 14.6 Å². The number of rotatable bonds is 11. The lowest BCUT2D eigenvalue weighted by Crippen LogP contribution is -2.07. The zero-order valence-electron chi connectivity index (χ0n) is 19.8. The van der Waals surface area contributed by atoms with E-state index >= 15 is 0 Å². The number of aliphatic hydroxyl groups is 1. The SMILES string of the molecule is C=C(C)C(=O)OCc1cc(-c2ccc(-c3ccc(CCCCC)cc3)cc2)ccc1CCO. The molecule has 0 radical (unpaired) electrons. The summed E-state index contributed by atoms with van der Waals surface area (Å²) in [7, 11) is 0. The van der Waals surface area contributed by atoms with Crippen LogP contribution >= 0.6 is 0 Å². The Hall–Kier alpha value is -3.17. The van der Waals surface area contributed by atoms with Crippen LogP contribution in [0.4, 0.5) is 0 Å². The Morgan fingerprint density at radius 2 is 1.39 bits per heavy atom. The molecule has 0 saturated heterocycles. The van der Waals surface area contributed by atoms with Crippen molar-refractivity contribution in [3.8, 4) is 22.3 Å². The molecule has 0 amide bonds. The summed E-state index contributed by atoms with van der Waals surface area (Å²) >= 11 is 0. The minimum absolute atomic E-state index is 0.0485. The lowest BCUT2D eigenvalue weighted by molar-refractivity contribution is -0.140. The van der Waals surface area contributed by atoms with Crippen LogP contribution in [-0.2, 0) is 29.0 Å². The maximum atomic E-state index is 11.8. The Labute approximate surface area is 197 Å². The van der Waals surface area contributed by atoms with Crippen LogP contribution in [0.1, 0.15) is 49.8 Å². The zero-order valence-corrected chi connectivity index (χ0v) is 19.8. The number of hydrogen-bond acceptors (Lipinski definition) is 3. The summed E-state index contributed by atoms with van der Waals surface area (Å²) in [5.74, 6) is -0.406. The van der Waals surface area contributed by atoms with Crippen LogP contribution in [0.15, 0.2) is 78.9 Å². The maximum Gasteiger partial charge on any atom is 0.333 e. The molecular formula is C30H34O3. The molecule has 0 unspecified atom stereocenters. The summed E-state index contributed by atoms with van der Waals surface area (Å²) in [6.45, 7) is 7.71. The Balaban J connectivity index is 1.76. The first-order chi connectivity index (χ1) is 16.0. The predicted octanol–water partition coefficient (Wildman–Crippen LogP) is 6.91. The molecule has 0 bridgehead atoms. The molecule has 3 aromatic rings. The molecule has 3 rings (SSSR count). The van der Waals surface area contributed by atoms with E-state index in [-0.39, 0.29) is 13.2 Å². The van der Waals surface area contributed by atoms with Gasteiger partial charge in [-0.15, -0.1) is 0 Å². The highest BCUT2D eigenvalue weighted by atomic mass is 16.5. The van der Waals surface area contributed by atoms with E-state index in [1.165, 1.54) is 36.0 Å². The second kappa shape index (κ2) is 12.2. The predicted molar refractivity (Wildman–Crippen MR) is 136 cm³/mol. The van der Waals surface area contributed by atoms with Crippen molar-refractivity contribution in [1.29, 1.82) is 0 Å². The Kier molecular flexibility index (Phi) is 9.03. The van der Waals surface area contributed by atoms with E-state index in [1.54, 1.807) is 6.92 Å². The van der Waals surface area contributed by atoms with E-state index in [2.05, 4.69) is 68.1 Å². The van der Waals surface area contributed by atoms with Crippen molar-refractivity contribution in [2.45, 2.75) is 52.6 Å². The third-order valence-electron chi connectivity index (χ3n) is 5.87. The van der Waals surface area contributed by atoms with Crippen LogP contribution in [-0.4, -0.2) is 17.7 Å². The molecule has 0 aromatic heterocycles. The highest BCUT2D eigenvalue weighted by molar-refractivity contribution is 5.87. The van der Waals surface area contributed by atoms with Crippen molar-refractivity contribution in [3.05, 3.63) is 95.6 Å². The number of ether oxygens (including phenoxy) is 1. The van der Waals surface area contributed by atoms with Crippen LogP contribution in [0.25, 0.3) is 22.3 Å². The van der Waals surface area contributed by atoms with E-state index in [0.29, 0.717) is 12.0 Å². The molecule has 0 aliphatic carbocycles. The van der Waals surface area contributed by atoms with Gasteiger partial charge >= 0.3 is 5.97 Å². The first kappa shape index (κ1) is 24.5. The molecule has 0 heterocycles. The Bertz CT molecular complexity index is 1060. The summed E-state index contributed by atoms with van der Waals surface area (Å²) in [5.41, 5.74) is 8.20. The average Bonchev–Trinajstić information content (AvgIpc) is 2.84. The minimum atomic E-state index is -0.406. The number of hydrogen-bond donors (Lipinski definition) is 1. The van der Waals surface area contributed by atoms with Gasteiger partial charge in [0.05, 0.1) is 0 Å². The third kappa shape index (κ3) is 6.90. The van der Waals surface area contributed by atoms with Gasteiger partial charge in [-0.05, 0) is 71.2 Å². The van der Waals surface area contributed by atoms with Crippen molar-refractivity contribution >= 4 is 5.97 Å². The van der Waals surface area contributed by atoms with Crippen LogP contribution in [0.2, 0.25) is 0 Å². The zero-order chi connectivity index (χ0) is 23.6. The van der Waals surface area contributed by atoms with Gasteiger partial charge in [-0.1, -0.05) is 87.0 Å². The van der Waals surface area contributed by atoms with Crippen molar-refractivity contribution in [1.82, 2.24) is 0 Å². The number of aryl methyl sites for hydroxylation is 1. The first-order valence-corrected chi connectivity index (χ1v) is 11.8. The quantitative estimate of drug-likeness (QED) is 0.199. The second-order valence-corrected chi connectivity index (χ2v) is 8.54. The summed E-state index contributed by atoms with van der Waals surface area (Å²) in [6.07, 6.45) is 5.44. The van der Waals surface area contributed by atoms with E-state index in [0.717, 1.165) is 28.7 Å². The van der Waals surface area contributed by atoms with Crippen LogP contribution in [0.3, 0.4) is 0 Å². The molecule has 172 valence electrons. The lowest BCUT2D eigenvalue weighted by Gasteiger charge is -2.13. The third-order valence-corrected chi connectivity index (χ3v) is 5.87. The average molecular weight is 443 g/mol. The van der Waals surface area contributed by atoms with E-state index in [4.69, 9.17) is 4.74 Å². The normalized spacial score (nSPS) is 10.8. The highest BCUT2D eigenvalue weighted by Gasteiger charge is 2.10. The van der Waals surface area contributed by atoms with Gasteiger partial charge in [0, 0.05) is 12.2 Å². The van der Waals surface area contributed by atoms with Crippen molar-refractivity contribution in [2.75, 3.05) is 6.61 Å². The number of aliphatic hydroxyl groups excluding tert-OH is 1. The van der Waals surface area contributed by atoms with Crippen LogP contribution in [0, 0.1) is 0 Å². The molecule has 3 aromatic carbocycles. The fourth-order valence-electron chi connectivity index (χ4n) is 3.87. The number of benzene rings is 3. The molecule has 33 heavy (non-hydrogen) atoms. The van der Waals surface area contributed by atoms with E-state index < -0.39 is 5.97 Å². The number of esters is 1. The molecule has 0 atom stereocenters. The van der Waals surface area contributed by atoms with Gasteiger partial charge < -0.3 is 9.84 Å². The fourth-order valence-corrected chi connectivity index (χ4v) is 3.87. The highest BCUT2D eigenvalue weighted by Crippen LogP contribution is 2.27. The maximum absolute atomic E-state index is 11.8. The molecule has 1 N–H and O–H groups in total. The topological polar surface area (TPSA) is 46.5 Å². The number of carbonyl (C=O) groups excluding carboxylic acids is 1. The van der Waals surface area contributed by atoms with E-state index in [9.17, 15) is 9.90 Å². The molecule has 0 aliphatic heterocycles. The van der Waals surface area contributed by atoms with Gasteiger partial charge in [0.25, 0.3) is 0 Å². The summed E-state index contributed by atoms with van der Waals surface area (Å²) in [6, 6.07) is 23.5. The van der Waals surface area contributed by atoms with Gasteiger partial charge in [-0.2, -0.15) is 0 Å². The Morgan fingerprint density at radius 1 is 0.818 bits per heavy atom. The number of unbranched alkanes of at least 4 members (excludes halogenated alkanes) is 2. The molecule has 0 aliphatic rings. The largest absolute Gasteiger partial charge is 0.457 e. The standard InChI is InChI=1S/C30H34O3/c1-4-5-6-7-23-8-10-24(11-9-23)25-12-14-26(15-13-25)28-17-16-27(18-19-31)29(20-28)21-33-30(32)22(2)3/h8-17,20,31H,2,4-7,18-19,21H2,1,3H3. The molecule has 0 fully saturated rings. The lowest BCUT2D eigenvalue weighted by atomic mass is 9.96.